The fourth-order valence-electron chi connectivity index (χ4n) is 3.28. The zero-order chi connectivity index (χ0) is 20.1. The molecule has 2 N–H and O–H groups in total. The second-order valence-corrected chi connectivity index (χ2v) is 8.32. The molecule has 2 aromatic carbocycles. The number of benzene rings is 2. The summed E-state index contributed by atoms with van der Waals surface area (Å²) in [5.41, 5.74) is 0.509. The first kappa shape index (κ1) is 21.1. The molecular weight excluding hydrogens is 467 g/mol. The van der Waals surface area contributed by atoms with Crippen LogP contribution in [0, 0.1) is 0 Å². The highest BCUT2D eigenvalue weighted by molar-refractivity contribution is 9.10. The van der Waals surface area contributed by atoms with E-state index in [1.165, 1.54) is 0 Å². The molecular formula is C20H19BrCl2N2O3. The average Bonchev–Trinajstić information content (AvgIpc) is 2.68. The van der Waals surface area contributed by atoms with Crippen molar-refractivity contribution in [2.24, 2.45) is 0 Å². The van der Waals surface area contributed by atoms with Crippen LogP contribution in [0.25, 0.3) is 0 Å². The van der Waals surface area contributed by atoms with Gasteiger partial charge in [0.1, 0.15) is 0 Å². The quantitative estimate of drug-likeness (QED) is 0.652. The van der Waals surface area contributed by atoms with E-state index in [1.807, 2.05) is 12.1 Å². The fraction of sp³-hybridized carbons (Fsp3) is 0.300. The predicted octanol–water partition coefficient (Wildman–Crippen LogP) is 4.56. The molecule has 0 aliphatic carbocycles. The summed E-state index contributed by atoms with van der Waals surface area (Å²) in [4.78, 5) is 25.3. The third-order valence-electron chi connectivity index (χ3n) is 4.77. The monoisotopic (exact) mass is 484 g/mol. The summed E-state index contributed by atoms with van der Waals surface area (Å²) in [5, 5.41) is 6.45. The molecule has 0 radical (unpaired) electrons. The van der Waals surface area contributed by atoms with Gasteiger partial charge in [-0.25, -0.2) is 0 Å². The Kier molecular flexibility index (Phi) is 6.99. The minimum absolute atomic E-state index is 0.136. The van der Waals surface area contributed by atoms with Gasteiger partial charge in [0, 0.05) is 33.4 Å². The molecule has 0 bridgehead atoms. The summed E-state index contributed by atoms with van der Waals surface area (Å²) in [6.45, 7) is 0.748. The average molecular weight is 486 g/mol. The number of halogens is 3. The van der Waals surface area contributed by atoms with Crippen LogP contribution in [0.1, 0.15) is 18.4 Å². The van der Waals surface area contributed by atoms with E-state index in [4.69, 9.17) is 27.9 Å². The Morgan fingerprint density at radius 2 is 1.75 bits per heavy atom. The summed E-state index contributed by atoms with van der Waals surface area (Å²) >= 11 is 15.7. The SMILES string of the molecule is O=C(CNC(=O)C1(c2ccc(Cl)cc2Cl)CCOCC1)Nc1ccc(Br)cc1. The van der Waals surface area contributed by atoms with Crippen LogP contribution in [0.4, 0.5) is 5.69 Å². The molecule has 0 aromatic heterocycles. The van der Waals surface area contributed by atoms with E-state index in [2.05, 4.69) is 26.6 Å². The molecule has 8 heteroatoms. The lowest BCUT2D eigenvalue weighted by atomic mass is 9.73. The van der Waals surface area contributed by atoms with Gasteiger partial charge in [0.2, 0.25) is 11.8 Å². The van der Waals surface area contributed by atoms with E-state index in [1.54, 1.807) is 30.3 Å². The Morgan fingerprint density at radius 3 is 2.39 bits per heavy atom. The van der Waals surface area contributed by atoms with Crippen molar-refractivity contribution in [2.75, 3.05) is 25.1 Å². The first-order chi connectivity index (χ1) is 13.4. The van der Waals surface area contributed by atoms with Gasteiger partial charge < -0.3 is 15.4 Å². The Balaban J connectivity index is 1.71. The number of nitrogens with one attached hydrogen (secondary N) is 2. The van der Waals surface area contributed by atoms with E-state index in [0.29, 0.717) is 47.4 Å². The summed E-state index contributed by atoms with van der Waals surface area (Å²) < 4.78 is 6.36. The van der Waals surface area contributed by atoms with Gasteiger partial charge in [-0.05, 0) is 54.8 Å². The van der Waals surface area contributed by atoms with Crippen LogP contribution in [0.5, 0.6) is 0 Å². The largest absolute Gasteiger partial charge is 0.381 e. The number of hydrogen-bond donors (Lipinski definition) is 2. The van der Waals surface area contributed by atoms with Crippen LogP contribution in [0.3, 0.4) is 0 Å². The standard InChI is InChI=1S/C20H19BrCl2N2O3/c21-13-1-4-15(5-2-13)25-18(26)12-24-19(27)20(7-9-28-10-8-20)16-6-3-14(22)11-17(16)23/h1-6,11H,7-10,12H2,(H,24,27)(H,25,26). The molecule has 1 saturated heterocycles. The lowest BCUT2D eigenvalue weighted by Gasteiger charge is -2.36. The number of anilines is 1. The second kappa shape index (κ2) is 9.27. The highest BCUT2D eigenvalue weighted by atomic mass is 79.9. The van der Waals surface area contributed by atoms with Crippen molar-refractivity contribution < 1.29 is 14.3 Å². The van der Waals surface area contributed by atoms with E-state index >= 15 is 0 Å². The van der Waals surface area contributed by atoms with Crippen LogP contribution in [-0.2, 0) is 19.7 Å². The Hall–Kier alpha value is -1.60. The molecule has 3 rings (SSSR count). The normalized spacial score (nSPS) is 15.7. The molecule has 2 amide bonds. The maximum absolute atomic E-state index is 13.1. The maximum atomic E-state index is 13.1. The highest BCUT2D eigenvalue weighted by Gasteiger charge is 2.43. The summed E-state index contributed by atoms with van der Waals surface area (Å²) in [7, 11) is 0. The summed E-state index contributed by atoms with van der Waals surface area (Å²) in [5.74, 6) is -0.550. The molecule has 28 heavy (non-hydrogen) atoms. The zero-order valence-corrected chi connectivity index (χ0v) is 18.0. The van der Waals surface area contributed by atoms with E-state index < -0.39 is 5.41 Å². The first-order valence-corrected chi connectivity index (χ1v) is 10.3. The molecule has 1 heterocycles. The van der Waals surface area contributed by atoms with E-state index in [9.17, 15) is 9.59 Å². The van der Waals surface area contributed by atoms with Crippen LogP contribution < -0.4 is 10.6 Å². The predicted molar refractivity (Wildman–Crippen MR) is 114 cm³/mol. The molecule has 0 unspecified atom stereocenters. The molecule has 0 spiro atoms. The fourth-order valence-corrected chi connectivity index (χ4v) is 4.14. The lowest BCUT2D eigenvalue weighted by Crippen LogP contribution is -2.49. The van der Waals surface area contributed by atoms with Crippen molar-refractivity contribution in [1.29, 1.82) is 0 Å². The van der Waals surface area contributed by atoms with Gasteiger partial charge in [-0.2, -0.15) is 0 Å². The van der Waals surface area contributed by atoms with Crippen LogP contribution in [0.15, 0.2) is 46.9 Å². The van der Waals surface area contributed by atoms with E-state index in [-0.39, 0.29) is 18.4 Å². The zero-order valence-electron chi connectivity index (χ0n) is 14.9. The number of ether oxygens (including phenoxy) is 1. The molecule has 1 aliphatic heterocycles. The minimum Gasteiger partial charge on any atom is -0.381 e. The van der Waals surface area contributed by atoms with Crippen molar-refractivity contribution in [2.45, 2.75) is 18.3 Å². The van der Waals surface area contributed by atoms with E-state index in [0.717, 1.165) is 4.47 Å². The lowest BCUT2D eigenvalue weighted by molar-refractivity contribution is -0.132. The molecule has 1 aliphatic rings. The molecule has 2 aromatic rings. The molecule has 0 atom stereocenters. The Morgan fingerprint density at radius 1 is 1.07 bits per heavy atom. The van der Waals surface area contributed by atoms with Crippen LogP contribution in [-0.4, -0.2) is 31.6 Å². The van der Waals surface area contributed by atoms with Crippen molar-refractivity contribution in [3.63, 3.8) is 0 Å². The number of hydrogen-bond acceptors (Lipinski definition) is 3. The molecule has 148 valence electrons. The van der Waals surface area contributed by atoms with Crippen molar-refractivity contribution >= 4 is 56.6 Å². The van der Waals surface area contributed by atoms with Gasteiger partial charge in [-0.1, -0.05) is 45.2 Å². The van der Waals surface area contributed by atoms with Gasteiger partial charge in [0.05, 0.1) is 12.0 Å². The van der Waals surface area contributed by atoms with Gasteiger partial charge in [0.15, 0.2) is 0 Å². The van der Waals surface area contributed by atoms with Crippen molar-refractivity contribution in [3.8, 4) is 0 Å². The molecule has 5 nitrogen and oxygen atoms in total. The van der Waals surface area contributed by atoms with Gasteiger partial charge in [0.25, 0.3) is 0 Å². The third kappa shape index (κ3) is 4.87. The smallest absolute Gasteiger partial charge is 0.243 e. The topological polar surface area (TPSA) is 67.4 Å². The summed E-state index contributed by atoms with van der Waals surface area (Å²) in [6.07, 6.45) is 0.961. The number of carbonyl (C=O) groups is 2. The van der Waals surface area contributed by atoms with Crippen molar-refractivity contribution in [3.05, 3.63) is 62.5 Å². The van der Waals surface area contributed by atoms with Gasteiger partial charge >= 0.3 is 0 Å². The van der Waals surface area contributed by atoms with Gasteiger partial charge in [-0.15, -0.1) is 0 Å². The Labute approximate surface area is 181 Å². The first-order valence-electron chi connectivity index (χ1n) is 8.78. The minimum atomic E-state index is -0.849. The number of amides is 2. The van der Waals surface area contributed by atoms with Crippen molar-refractivity contribution in [1.82, 2.24) is 5.32 Å². The molecule has 1 fully saturated rings. The molecule has 0 saturated carbocycles. The third-order valence-corrected chi connectivity index (χ3v) is 5.84. The van der Waals surface area contributed by atoms with Crippen LogP contribution in [0.2, 0.25) is 10.0 Å². The number of carbonyl (C=O) groups excluding carboxylic acids is 2. The Bertz CT molecular complexity index is 868. The number of rotatable bonds is 5. The van der Waals surface area contributed by atoms with Crippen LogP contribution >= 0.6 is 39.1 Å². The highest BCUT2D eigenvalue weighted by Crippen LogP contribution is 2.39. The maximum Gasteiger partial charge on any atom is 0.243 e. The second-order valence-electron chi connectivity index (χ2n) is 6.56. The summed E-state index contributed by atoms with van der Waals surface area (Å²) in [6, 6.07) is 12.3. The van der Waals surface area contributed by atoms with Gasteiger partial charge in [-0.3, -0.25) is 9.59 Å².